The van der Waals surface area contributed by atoms with Gasteiger partial charge in [0.05, 0.1) is 43.7 Å². The number of aryl methyl sites for hydroxylation is 1. The average molecular weight is 463 g/mol. The van der Waals surface area contributed by atoms with Crippen molar-refractivity contribution < 1.29 is 19.1 Å². The molecule has 1 aromatic carbocycles. The van der Waals surface area contributed by atoms with E-state index in [0.717, 1.165) is 11.3 Å². The molecule has 3 amide bonds. The zero-order valence-corrected chi connectivity index (χ0v) is 19.2. The first-order valence-electron chi connectivity index (χ1n) is 10.8. The highest BCUT2D eigenvalue weighted by atomic mass is 16.5. The summed E-state index contributed by atoms with van der Waals surface area (Å²) >= 11 is 0. The summed E-state index contributed by atoms with van der Waals surface area (Å²) in [6.07, 6.45) is 5.13. The fraction of sp³-hybridized carbons (Fsp3) is 0.292. The summed E-state index contributed by atoms with van der Waals surface area (Å²) in [5.74, 6) is 1.70. The number of ether oxygens (including phenoxy) is 2. The lowest BCUT2D eigenvalue weighted by Gasteiger charge is -2.15. The number of pyridine rings is 1. The fourth-order valence-corrected chi connectivity index (χ4v) is 3.61. The van der Waals surface area contributed by atoms with E-state index in [1.165, 1.54) is 6.20 Å². The third-order valence-electron chi connectivity index (χ3n) is 5.40. The zero-order chi connectivity index (χ0) is 24.1. The molecule has 2 N–H and O–H groups in total. The molecule has 0 unspecified atom stereocenters. The van der Waals surface area contributed by atoms with Gasteiger partial charge in [0.2, 0.25) is 5.91 Å². The molecule has 1 aliphatic rings. The molecule has 3 aromatic rings. The number of benzene rings is 1. The number of nitrogens with zero attached hydrogens (tertiary/aromatic N) is 4. The van der Waals surface area contributed by atoms with Gasteiger partial charge in [-0.3, -0.25) is 20.1 Å². The Bertz CT molecular complexity index is 1180. The molecule has 1 saturated heterocycles. The van der Waals surface area contributed by atoms with E-state index < -0.39 is 6.03 Å². The molecule has 4 rings (SSSR count). The second kappa shape index (κ2) is 10.2. The number of carbonyl (C=O) groups is 2. The van der Waals surface area contributed by atoms with Gasteiger partial charge in [-0.15, -0.1) is 0 Å². The Hall–Kier alpha value is -4.21. The lowest BCUT2D eigenvalue weighted by molar-refractivity contribution is -0.126. The van der Waals surface area contributed by atoms with Gasteiger partial charge in [0.1, 0.15) is 0 Å². The van der Waals surface area contributed by atoms with Crippen molar-refractivity contribution in [3.05, 3.63) is 54.6 Å². The summed E-state index contributed by atoms with van der Waals surface area (Å²) in [4.78, 5) is 38.6. The summed E-state index contributed by atoms with van der Waals surface area (Å²) in [6.45, 7) is 2.98. The SMILES string of the molecule is COc1cc(-c2cncc(NC(=O)Nc3ccc(C)nc3)n2)ccc1OC[C@H]1CC(=O)N(C)C1. The van der Waals surface area contributed by atoms with Gasteiger partial charge in [0.25, 0.3) is 0 Å². The Morgan fingerprint density at radius 2 is 2.00 bits per heavy atom. The Morgan fingerprint density at radius 1 is 1.15 bits per heavy atom. The van der Waals surface area contributed by atoms with Gasteiger partial charge in [-0.1, -0.05) is 0 Å². The van der Waals surface area contributed by atoms with Gasteiger partial charge in [-0.2, -0.15) is 0 Å². The number of amides is 3. The number of anilines is 2. The van der Waals surface area contributed by atoms with Gasteiger partial charge in [-0.05, 0) is 37.3 Å². The summed E-state index contributed by atoms with van der Waals surface area (Å²) in [7, 11) is 3.36. The van der Waals surface area contributed by atoms with Crippen LogP contribution in [0.1, 0.15) is 12.1 Å². The number of likely N-dealkylation sites (tertiary alicyclic amines) is 1. The number of hydrogen-bond donors (Lipinski definition) is 2. The maximum absolute atomic E-state index is 12.3. The van der Waals surface area contributed by atoms with E-state index in [2.05, 4.69) is 25.6 Å². The largest absolute Gasteiger partial charge is 0.493 e. The van der Waals surface area contributed by atoms with Gasteiger partial charge in [-0.25, -0.2) is 9.78 Å². The summed E-state index contributed by atoms with van der Waals surface area (Å²) < 4.78 is 11.4. The van der Waals surface area contributed by atoms with Crippen LogP contribution in [0.25, 0.3) is 11.3 Å². The molecule has 0 spiro atoms. The molecule has 2 aromatic heterocycles. The minimum atomic E-state index is -0.450. The molecule has 0 radical (unpaired) electrons. The normalized spacial score (nSPS) is 15.2. The topological polar surface area (TPSA) is 119 Å². The minimum Gasteiger partial charge on any atom is -0.493 e. The molecule has 1 atom stereocenters. The lowest BCUT2D eigenvalue weighted by atomic mass is 10.1. The molecular weight excluding hydrogens is 436 g/mol. The van der Waals surface area contributed by atoms with Crippen LogP contribution >= 0.6 is 0 Å². The quantitative estimate of drug-likeness (QED) is 0.553. The van der Waals surface area contributed by atoms with E-state index in [-0.39, 0.29) is 11.8 Å². The van der Waals surface area contributed by atoms with Crippen molar-refractivity contribution in [2.45, 2.75) is 13.3 Å². The monoisotopic (exact) mass is 462 g/mol. The standard InChI is InChI=1S/C24H26N6O4/c1-15-4-6-18(10-26-15)27-24(32)29-22-12-25-11-19(28-22)17-5-7-20(21(9-17)33-3)34-14-16-8-23(31)30(2)13-16/h4-7,9-12,16H,8,13-14H2,1-3H3,(H2,27,28,29,32)/t16-/m0/s1. The van der Waals surface area contributed by atoms with Crippen LogP contribution in [0.4, 0.5) is 16.3 Å². The second-order valence-electron chi connectivity index (χ2n) is 8.08. The summed E-state index contributed by atoms with van der Waals surface area (Å²) in [6, 6.07) is 8.57. The van der Waals surface area contributed by atoms with Crippen LogP contribution in [0.2, 0.25) is 0 Å². The zero-order valence-electron chi connectivity index (χ0n) is 19.2. The summed E-state index contributed by atoms with van der Waals surface area (Å²) in [5.41, 5.74) is 2.74. The number of carbonyl (C=O) groups excluding carboxylic acids is 2. The van der Waals surface area contributed by atoms with E-state index in [9.17, 15) is 9.59 Å². The maximum Gasteiger partial charge on any atom is 0.324 e. The Labute approximate surface area is 197 Å². The molecule has 0 bridgehead atoms. The molecule has 10 heteroatoms. The molecular formula is C24H26N6O4. The highest BCUT2D eigenvalue weighted by molar-refractivity contribution is 5.99. The first-order valence-corrected chi connectivity index (χ1v) is 10.8. The Morgan fingerprint density at radius 3 is 2.71 bits per heavy atom. The van der Waals surface area contributed by atoms with Crippen molar-refractivity contribution in [1.29, 1.82) is 0 Å². The molecule has 1 fully saturated rings. The van der Waals surface area contributed by atoms with Crippen molar-refractivity contribution in [2.75, 3.05) is 37.9 Å². The fourth-order valence-electron chi connectivity index (χ4n) is 3.61. The second-order valence-corrected chi connectivity index (χ2v) is 8.08. The van der Waals surface area contributed by atoms with Crippen molar-refractivity contribution >= 4 is 23.4 Å². The Kier molecular flexibility index (Phi) is 6.86. The number of aromatic nitrogens is 3. The molecule has 10 nitrogen and oxygen atoms in total. The smallest absolute Gasteiger partial charge is 0.324 e. The van der Waals surface area contributed by atoms with E-state index in [1.54, 1.807) is 49.7 Å². The van der Waals surface area contributed by atoms with E-state index in [0.29, 0.717) is 48.3 Å². The molecule has 0 aliphatic carbocycles. The van der Waals surface area contributed by atoms with Crippen LogP contribution in [0, 0.1) is 12.8 Å². The van der Waals surface area contributed by atoms with Crippen LogP contribution in [-0.2, 0) is 4.79 Å². The number of rotatable bonds is 7. The van der Waals surface area contributed by atoms with E-state index >= 15 is 0 Å². The van der Waals surface area contributed by atoms with Crippen molar-refractivity contribution in [3.63, 3.8) is 0 Å². The van der Waals surface area contributed by atoms with Gasteiger partial charge < -0.3 is 19.7 Å². The van der Waals surface area contributed by atoms with E-state index in [4.69, 9.17) is 9.47 Å². The summed E-state index contributed by atoms with van der Waals surface area (Å²) in [5, 5.41) is 5.38. The van der Waals surface area contributed by atoms with Gasteiger partial charge >= 0.3 is 6.03 Å². The number of hydrogen-bond acceptors (Lipinski definition) is 7. The Balaban J connectivity index is 1.42. The minimum absolute atomic E-state index is 0.132. The van der Waals surface area contributed by atoms with Gasteiger partial charge in [0, 0.05) is 37.2 Å². The van der Waals surface area contributed by atoms with Crippen LogP contribution in [0.3, 0.4) is 0 Å². The van der Waals surface area contributed by atoms with Crippen molar-refractivity contribution in [3.8, 4) is 22.8 Å². The third-order valence-corrected chi connectivity index (χ3v) is 5.40. The first kappa shape index (κ1) is 23.0. The molecule has 34 heavy (non-hydrogen) atoms. The number of urea groups is 1. The molecule has 176 valence electrons. The predicted molar refractivity (Wildman–Crippen MR) is 127 cm³/mol. The number of nitrogens with one attached hydrogen (secondary N) is 2. The van der Waals surface area contributed by atoms with Crippen LogP contribution in [-0.4, -0.2) is 59.1 Å². The highest BCUT2D eigenvalue weighted by Gasteiger charge is 2.27. The molecule has 1 aliphatic heterocycles. The van der Waals surface area contributed by atoms with Crippen LogP contribution in [0.5, 0.6) is 11.5 Å². The molecule has 0 saturated carbocycles. The third kappa shape index (κ3) is 5.58. The first-order chi connectivity index (χ1) is 16.4. The predicted octanol–water partition coefficient (Wildman–Crippen LogP) is 3.36. The molecule has 3 heterocycles. The van der Waals surface area contributed by atoms with Crippen molar-refractivity contribution in [1.82, 2.24) is 19.9 Å². The van der Waals surface area contributed by atoms with Crippen molar-refractivity contribution in [2.24, 2.45) is 5.92 Å². The number of methoxy groups -OCH3 is 1. The average Bonchev–Trinajstić information content (AvgIpc) is 3.16. The highest BCUT2D eigenvalue weighted by Crippen LogP contribution is 2.33. The lowest BCUT2D eigenvalue weighted by Crippen LogP contribution is -2.20. The van der Waals surface area contributed by atoms with Crippen LogP contribution in [0.15, 0.2) is 48.9 Å². The maximum atomic E-state index is 12.3. The van der Waals surface area contributed by atoms with Gasteiger partial charge in [0.15, 0.2) is 17.3 Å². The van der Waals surface area contributed by atoms with E-state index in [1.807, 2.05) is 19.1 Å². The van der Waals surface area contributed by atoms with Crippen LogP contribution < -0.4 is 20.1 Å².